The van der Waals surface area contributed by atoms with Crippen molar-refractivity contribution in [2.24, 2.45) is 5.73 Å². The Hall–Kier alpha value is -2.32. The van der Waals surface area contributed by atoms with Gasteiger partial charge < -0.3 is 11.1 Å². The Kier molecular flexibility index (Phi) is 4.01. The van der Waals surface area contributed by atoms with Gasteiger partial charge in [-0.25, -0.2) is 13.8 Å². The Morgan fingerprint density at radius 3 is 2.64 bits per heavy atom. The summed E-state index contributed by atoms with van der Waals surface area (Å²) in [5.74, 6) is -1.24. The van der Waals surface area contributed by atoms with Crippen LogP contribution in [0.15, 0.2) is 24.4 Å². The summed E-state index contributed by atoms with van der Waals surface area (Å²) in [6.45, 7) is 0. The molecule has 2 unspecified atom stereocenters. The second-order valence-electron chi connectivity index (χ2n) is 6.11. The summed E-state index contributed by atoms with van der Waals surface area (Å²) in [6.07, 6.45) is 3.98. The first-order chi connectivity index (χ1) is 12.0. The van der Waals surface area contributed by atoms with Crippen LogP contribution in [0.5, 0.6) is 0 Å². The van der Waals surface area contributed by atoms with Crippen molar-refractivity contribution in [1.82, 2.24) is 19.6 Å². The zero-order chi connectivity index (χ0) is 17.6. The number of nitrogens with two attached hydrogens (primary N) is 1. The number of nitrogens with one attached hydrogen (secondary N) is 1. The van der Waals surface area contributed by atoms with Crippen LogP contribution in [0, 0.1) is 11.6 Å². The molecule has 2 atom stereocenters. The molecule has 4 rings (SSSR count). The molecule has 130 valence electrons. The highest BCUT2D eigenvalue weighted by Crippen LogP contribution is 2.28. The molecule has 1 aliphatic carbocycles. The van der Waals surface area contributed by atoms with E-state index in [9.17, 15) is 8.78 Å². The maximum atomic E-state index is 14.1. The standard InChI is InChI=1S/C16H15ClF2N6/c17-10-7-21-25-15(10)23-14(13-11(18)2-1-3-12(13)19)24-16(25)22-9-5-4-8(20)6-9/h1-3,7-9H,4-6,20H2,(H,22,23,24). The van der Waals surface area contributed by atoms with Gasteiger partial charge in [-0.3, -0.25) is 0 Å². The highest BCUT2D eigenvalue weighted by Gasteiger charge is 2.24. The van der Waals surface area contributed by atoms with Crippen molar-refractivity contribution in [1.29, 1.82) is 0 Å². The van der Waals surface area contributed by atoms with E-state index in [1.807, 2.05) is 0 Å². The quantitative estimate of drug-likeness (QED) is 0.746. The molecule has 25 heavy (non-hydrogen) atoms. The largest absolute Gasteiger partial charge is 0.351 e. The molecule has 0 bridgehead atoms. The molecule has 0 aliphatic heterocycles. The Morgan fingerprint density at radius 2 is 1.96 bits per heavy atom. The fourth-order valence-electron chi connectivity index (χ4n) is 3.10. The lowest BCUT2D eigenvalue weighted by atomic mass is 10.2. The number of halogens is 3. The van der Waals surface area contributed by atoms with Crippen molar-refractivity contribution in [3.63, 3.8) is 0 Å². The number of benzene rings is 1. The maximum Gasteiger partial charge on any atom is 0.228 e. The van der Waals surface area contributed by atoms with Crippen molar-refractivity contribution in [3.8, 4) is 11.4 Å². The predicted molar refractivity (Wildman–Crippen MR) is 90.4 cm³/mol. The molecule has 0 spiro atoms. The van der Waals surface area contributed by atoms with Gasteiger partial charge in [-0.1, -0.05) is 17.7 Å². The van der Waals surface area contributed by atoms with Gasteiger partial charge in [0.15, 0.2) is 11.5 Å². The molecule has 1 aliphatic rings. The minimum atomic E-state index is -0.742. The third-order valence-corrected chi connectivity index (χ3v) is 4.58. The van der Waals surface area contributed by atoms with Crippen molar-refractivity contribution in [3.05, 3.63) is 41.1 Å². The minimum Gasteiger partial charge on any atom is -0.351 e. The number of hydrogen-bond donors (Lipinski definition) is 2. The number of nitrogens with zero attached hydrogens (tertiary/aromatic N) is 4. The minimum absolute atomic E-state index is 0.0877. The van der Waals surface area contributed by atoms with Crippen molar-refractivity contribution < 1.29 is 8.78 Å². The molecule has 3 aromatic rings. The summed E-state index contributed by atoms with van der Waals surface area (Å²) in [4.78, 5) is 8.48. The second kappa shape index (κ2) is 6.20. The van der Waals surface area contributed by atoms with Crippen LogP contribution in [0.1, 0.15) is 19.3 Å². The number of aromatic nitrogens is 4. The van der Waals surface area contributed by atoms with E-state index in [0.29, 0.717) is 5.95 Å². The molecular weight excluding hydrogens is 350 g/mol. The van der Waals surface area contributed by atoms with Crippen molar-refractivity contribution >= 4 is 23.2 Å². The van der Waals surface area contributed by atoms with Gasteiger partial charge in [0, 0.05) is 12.1 Å². The Labute approximate surface area is 147 Å². The second-order valence-corrected chi connectivity index (χ2v) is 6.52. The van der Waals surface area contributed by atoms with E-state index in [2.05, 4.69) is 20.4 Å². The summed E-state index contributed by atoms with van der Waals surface area (Å²) >= 11 is 6.11. The van der Waals surface area contributed by atoms with E-state index < -0.39 is 11.6 Å². The molecule has 9 heteroatoms. The van der Waals surface area contributed by atoms with Gasteiger partial charge in [-0.15, -0.1) is 0 Å². The molecule has 1 saturated carbocycles. The smallest absolute Gasteiger partial charge is 0.228 e. The van der Waals surface area contributed by atoms with Crippen molar-refractivity contribution in [2.45, 2.75) is 31.3 Å². The van der Waals surface area contributed by atoms with Gasteiger partial charge in [0.1, 0.15) is 16.7 Å². The average Bonchev–Trinajstić information content (AvgIpc) is 3.14. The molecule has 0 amide bonds. The van der Waals surface area contributed by atoms with Crippen LogP contribution < -0.4 is 11.1 Å². The first kappa shape index (κ1) is 16.2. The maximum absolute atomic E-state index is 14.1. The Morgan fingerprint density at radius 1 is 1.20 bits per heavy atom. The van der Waals surface area contributed by atoms with E-state index in [1.54, 1.807) is 0 Å². The highest BCUT2D eigenvalue weighted by atomic mass is 35.5. The van der Waals surface area contributed by atoms with Gasteiger partial charge in [0.2, 0.25) is 5.95 Å². The molecule has 2 aromatic heterocycles. The first-order valence-electron chi connectivity index (χ1n) is 7.90. The van der Waals surface area contributed by atoms with E-state index in [4.69, 9.17) is 17.3 Å². The topological polar surface area (TPSA) is 81.1 Å². The summed E-state index contributed by atoms with van der Waals surface area (Å²) in [5.41, 5.74) is 5.92. The van der Waals surface area contributed by atoms with Crippen LogP contribution in [0.4, 0.5) is 14.7 Å². The lowest BCUT2D eigenvalue weighted by Gasteiger charge is -2.15. The van der Waals surface area contributed by atoms with Gasteiger partial charge in [-0.2, -0.15) is 14.6 Å². The Bertz CT molecular complexity index is 924. The van der Waals surface area contributed by atoms with E-state index in [1.165, 1.54) is 16.8 Å². The van der Waals surface area contributed by atoms with Crippen LogP contribution in [-0.2, 0) is 0 Å². The van der Waals surface area contributed by atoms with Crippen LogP contribution in [-0.4, -0.2) is 31.7 Å². The van der Waals surface area contributed by atoms with E-state index in [0.717, 1.165) is 31.4 Å². The first-order valence-corrected chi connectivity index (χ1v) is 8.28. The number of hydrogen-bond acceptors (Lipinski definition) is 5. The highest BCUT2D eigenvalue weighted by molar-refractivity contribution is 6.33. The molecule has 1 fully saturated rings. The fraction of sp³-hybridized carbons (Fsp3) is 0.312. The zero-order valence-electron chi connectivity index (χ0n) is 13.1. The molecule has 0 saturated heterocycles. The van der Waals surface area contributed by atoms with Gasteiger partial charge in [0.25, 0.3) is 0 Å². The lowest BCUT2D eigenvalue weighted by molar-refractivity contribution is 0.587. The van der Waals surface area contributed by atoms with Crippen LogP contribution in [0.25, 0.3) is 17.0 Å². The summed E-state index contributed by atoms with van der Waals surface area (Å²) in [6, 6.07) is 3.84. The monoisotopic (exact) mass is 364 g/mol. The molecular formula is C16H15ClF2N6. The Balaban J connectivity index is 1.84. The predicted octanol–water partition coefficient (Wildman–Crippen LogP) is 3.01. The van der Waals surface area contributed by atoms with E-state index >= 15 is 0 Å². The molecule has 6 nitrogen and oxygen atoms in total. The summed E-state index contributed by atoms with van der Waals surface area (Å²) in [5, 5.41) is 7.65. The fourth-order valence-corrected chi connectivity index (χ4v) is 3.26. The number of fused-ring (bicyclic) bond motifs is 1. The SMILES string of the molecule is NC1CCC(Nc2nc(-c3c(F)cccc3F)nc3c(Cl)cnn23)C1. The lowest BCUT2D eigenvalue weighted by Crippen LogP contribution is -2.23. The van der Waals surface area contributed by atoms with Gasteiger partial charge in [0.05, 0.1) is 11.8 Å². The number of anilines is 1. The van der Waals surface area contributed by atoms with Gasteiger partial charge in [-0.05, 0) is 31.4 Å². The molecule has 3 N–H and O–H groups in total. The van der Waals surface area contributed by atoms with E-state index in [-0.39, 0.29) is 34.1 Å². The third kappa shape index (κ3) is 2.91. The van der Waals surface area contributed by atoms with Crippen LogP contribution in [0.2, 0.25) is 5.02 Å². The molecule has 0 radical (unpaired) electrons. The zero-order valence-corrected chi connectivity index (χ0v) is 13.8. The normalized spacial score (nSPS) is 20.3. The van der Waals surface area contributed by atoms with Gasteiger partial charge >= 0.3 is 0 Å². The summed E-state index contributed by atoms with van der Waals surface area (Å²) in [7, 11) is 0. The summed E-state index contributed by atoms with van der Waals surface area (Å²) < 4.78 is 29.7. The van der Waals surface area contributed by atoms with Crippen LogP contribution >= 0.6 is 11.6 Å². The third-order valence-electron chi connectivity index (χ3n) is 4.32. The van der Waals surface area contributed by atoms with Crippen molar-refractivity contribution in [2.75, 3.05) is 5.32 Å². The number of rotatable bonds is 3. The molecule has 1 aromatic carbocycles. The molecule has 2 heterocycles. The average molecular weight is 365 g/mol. The van der Waals surface area contributed by atoms with Crippen LogP contribution in [0.3, 0.4) is 0 Å².